The third-order valence-corrected chi connectivity index (χ3v) is 3.70. The summed E-state index contributed by atoms with van der Waals surface area (Å²) in [5, 5.41) is 9.03. The summed E-state index contributed by atoms with van der Waals surface area (Å²) in [5.41, 5.74) is 1.36. The van der Waals surface area contributed by atoms with Gasteiger partial charge in [0.25, 0.3) is 0 Å². The zero-order valence-electron chi connectivity index (χ0n) is 11.7. The lowest BCUT2D eigenvalue weighted by Gasteiger charge is -2.22. The van der Waals surface area contributed by atoms with Crippen molar-refractivity contribution in [3.63, 3.8) is 0 Å². The fourth-order valence-electron chi connectivity index (χ4n) is 2.56. The Morgan fingerprint density at radius 1 is 1.23 bits per heavy atom. The minimum atomic E-state index is -1.04. The monoisotopic (exact) mass is 303 g/mol. The molecule has 0 bridgehead atoms. The summed E-state index contributed by atoms with van der Waals surface area (Å²) in [4.78, 5) is 30.2. The van der Waals surface area contributed by atoms with Crippen LogP contribution in [0.2, 0.25) is 0 Å². The lowest BCUT2D eigenvalue weighted by molar-refractivity contribution is 0.0697. The molecule has 2 aliphatic heterocycles. The molecule has 0 radical (unpaired) electrons. The average Bonchev–Trinajstić information content (AvgIpc) is 2.90. The number of aromatic carboxylic acids is 1. The van der Waals surface area contributed by atoms with Crippen LogP contribution in [0.15, 0.2) is 41.2 Å². The van der Waals surface area contributed by atoms with E-state index < -0.39 is 11.9 Å². The molecule has 2 amide bonds. The Labute approximate surface area is 126 Å². The second-order valence-corrected chi connectivity index (χ2v) is 5.07. The van der Waals surface area contributed by atoms with Crippen molar-refractivity contribution < 1.29 is 19.1 Å². The molecule has 2 heterocycles. The first-order valence-electron chi connectivity index (χ1n) is 6.90. The molecule has 22 heavy (non-hydrogen) atoms. The molecule has 0 atom stereocenters. The molecule has 7 heteroatoms. The molecule has 0 aliphatic carbocycles. The summed E-state index contributed by atoms with van der Waals surface area (Å²) in [6.07, 6.45) is 2.02. The van der Waals surface area contributed by atoms with Crippen LogP contribution in [0.5, 0.6) is 0 Å². The van der Waals surface area contributed by atoms with E-state index in [0.29, 0.717) is 30.9 Å². The fourth-order valence-corrected chi connectivity index (χ4v) is 2.56. The highest BCUT2D eigenvalue weighted by molar-refractivity contribution is 5.97. The average molecular weight is 303 g/mol. The topological polar surface area (TPSA) is 73.2 Å². The van der Waals surface area contributed by atoms with Crippen LogP contribution in [0.25, 0.3) is 0 Å². The van der Waals surface area contributed by atoms with Crippen LogP contribution in [-0.4, -0.2) is 41.1 Å². The van der Waals surface area contributed by atoms with E-state index >= 15 is 0 Å². The molecule has 1 N–H and O–H groups in total. The van der Waals surface area contributed by atoms with Crippen LogP contribution in [0, 0.1) is 0 Å². The summed E-state index contributed by atoms with van der Waals surface area (Å²) >= 11 is 0. The summed E-state index contributed by atoms with van der Waals surface area (Å²) in [7, 11) is 0. The number of carbonyl (C=O) groups excluding carboxylic acids is 1. The molecule has 1 aromatic rings. The number of allylic oxidation sites excluding steroid dienone is 1. The van der Waals surface area contributed by atoms with Crippen molar-refractivity contribution in [1.29, 1.82) is 0 Å². The molecule has 1 aromatic carbocycles. The van der Waals surface area contributed by atoms with Gasteiger partial charge in [0.05, 0.1) is 5.56 Å². The van der Waals surface area contributed by atoms with E-state index in [0.717, 1.165) is 0 Å². The van der Waals surface area contributed by atoms with Crippen molar-refractivity contribution in [2.45, 2.75) is 12.8 Å². The van der Waals surface area contributed by atoms with Crippen LogP contribution in [0.3, 0.4) is 0 Å². The number of halogens is 1. The smallest absolute Gasteiger partial charge is 0.335 e. The molecule has 0 spiro atoms. The summed E-state index contributed by atoms with van der Waals surface area (Å²) in [6.45, 7) is 0.921. The maximum atomic E-state index is 12.9. The number of hydrogen-bond acceptors (Lipinski definition) is 3. The van der Waals surface area contributed by atoms with Gasteiger partial charge in [0.1, 0.15) is 0 Å². The molecule has 2 aliphatic rings. The van der Waals surface area contributed by atoms with E-state index in [1.54, 1.807) is 17.0 Å². The molecule has 0 saturated carbocycles. The number of amides is 2. The summed E-state index contributed by atoms with van der Waals surface area (Å²) < 4.78 is 12.9. The zero-order valence-corrected chi connectivity index (χ0v) is 11.7. The molecule has 0 aromatic heterocycles. The minimum absolute atomic E-state index is 0.132. The third-order valence-electron chi connectivity index (χ3n) is 3.70. The first-order valence-corrected chi connectivity index (χ1v) is 6.90. The lowest BCUT2D eigenvalue weighted by atomic mass is 10.2. The summed E-state index contributed by atoms with van der Waals surface area (Å²) in [6, 6.07) is 6.00. The molecular formula is C15H14FN3O3. The van der Waals surface area contributed by atoms with Gasteiger partial charge >= 0.3 is 12.0 Å². The van der Waals surface area contributed by atoms with Gasteiger partial charge in [-0.3, -0.25) is 9.80 Å². The maximum absolute atomic E-state index is 12.9. The largest absolute Gasteiger partial charge is 0.478 e. The number of carboxylic acid groups (broad SMARTS) is 1. The Kier molecular flexibility index (Phi) is 3.62. The second-order valence-electron chi connectivity index (χ2n) is 5.07. The van der Waals surface area contributed by atoms with E-state index in [-0.39, 0.29) is 18.0 Å². The first-order chi connectivity index (χ1) is 10.6. The number of benzene rings is 1. The molecule has 1 saturated heterocycles. The molecular weight excluding hydrogens is 289 g/mol. The number of carboxylic acids is 1. The number of rotatable bonds is 3. The van der Waals surface area contributed by atoms with Gasteiger partial charge in [-0.1, -0.05) is 6.07 Å². The van der Waals surface area contributed by atoms with Gasteiger partial charge in [-0.15, -0.1) is 0 Å². The number of carbonyl (C=O) groups is 2. The van der Waals surface area contributed by atoms with E-state index in [1.165, 1.54) is 23.2 Å². The summed E-state index contributed by atoms with van der Waals surface area (Å²) in [5.74, 6) is -1.47. The Bertz CT molecular complexity index is 699. The van der Waals surface area contributed by atoms with Crippen molar-refractivity contribution in [3.8, 4) is 0 Å². The van der Waals surface area contributed by atoms with Gasteiger partial charge in [-0.25, -0.2) is 14.6 Å². The maximum Gasteiger partial charge on any atom is 0.335 e. The quantitative estimate of drug-likeness (QED) is 0.933. The van der Waals surface area contributed by atoms with Crippen LogP contribution < -0.4 is 4.90 Å². The van der Waals surface area contributed by atoms with Gasteiger partial charge < -0.3 is 5.11 Å². The third kappa shape index (κ3) is 2.57. The highest BCUT2D eigenvalue weighted by Crippen LogP contribution is 2.26. The normalized spacial score (nSPS) is 18.3. The molecule has 3 rings (SSSR count). The Hall–Kier alpha value is -2.70. The molecule has 0 unspecified atom stereocenters. The van der Waals surface area contributed by atoms with Gasteiger partial charge in [0.15, 0.2) is 5.97 Å². The van der Waals surface area contributed by atoms with Gasteiger partial charge in [0.2, 0.25) is 0 Å². The van der Waals surface area contributed by atoms with Gasteiger partial charge in [0, 0.05) is 37.1 Å². The highest BCUT2D eigenvalue weighted by atomic mass is 19.1. The zero-order chi connectivity index (χ0) is 15.7. The van der Waals surface area contributed by atoms with Crippen molar-refractivity contribution in [3.05, 3.63) is 41.7 Å². The van der Waals surface area contributed by atoms with Crippen LogP contribution in [-0.2, 0) is 0 Å². The van der Waals surface area contributed by atoms with Gasteiger partial charge in [-0.2, -0.15) is 4.39 Å². The van der Waals surface area contributed by atoms with Crippen molar-refractivity contribution in [2.75, 3.05) is 18.0 Å². The first kappa shape index (κ1) is 14.2. The molecule has 1 fully saturated rings. The number of anilines is 1. The van der Waals surface area contributed by atoms with E-state index in [4.69, 9.17) is 5.11 Å². The van der Waals surface area contributed by atoms with Crippen molar-refractivity contribution in [1.82, 2.24) is 4.90 Å². The predicted molar refractivity (Wildman–Crippen MR) is 78.7 cm³/mol. The predicted octanol–water partition coefficient (Wildman–Crippen LogP) is 2.63. The van der Waals surface area contributed by atoms with Gasteiger partial charge in [-0.05, 0) is 24.6 Å². The Morgan fingerprint density at radius 3 is 2.68 bits per heavy atom. The van der Waals surface area contributed by atoms with Crippen LogP contribution >= 0.6 is 0 Å². The van der Waals surface area contributed by atoms with E-state index in [2.05, 4.69) is 4.99 Å². The van der Waals surface area contributed by atoms with Crippen molar-refractivity contribution >= 4 is 23.7 Å². The second kappa shape index (κ2) is 5.59. The SMILES string of the molecule is O=C(O)c1cccc(N2CCN(C3=CN=C(F)CC3)C2=O)c1. The molecule has 6 nitrogen and oxygen atoms in total. The highest BCUT2D eigenvalue weighted by Gasteiger charge is 2.32. The number of nitrogens with zero attached hydrogens (tertiary/aromatic N) is 3. The van der Waals surface area contributed by atoms with Crippen LogP contribution in [0.1, 0.15) is 23.2 Å². The van der Waals surface area contributed by atoms with E-state index in [1.807, 2.05) is 0 Å². The fraction of sp³-hybridized carbons (Fsp3) is 0.267. The lowest BCUT2D eigenvalue weighted by Crippen LogP contribution is -2.32. The van der Waals surface area contributed by atoms with Crippen molar-refractivity contribution in [2.24, 2.45) is 4.99 Å². The van der Waals surface area contributed by atoms with E-state index in [9.17, 15) is 14.0 Å². The van der Waals surface area contributed by atoms with Crippen LogP contribution in [0.4, 0.5) is 14.9 Å². The number of aliphatic imine (C=N–C) groups is 1. The number of hydrogen-bond donors (Lipinski definition) is 1. The Balaban J connectivity index is 1.82. The molecule has 114 valence electrons. The number of urea groups is 1. The Morgan fingerprint density at radius 2 is 2.00 bits per heavy atom. The standard InChI is InChI=1S/C15H14FN3O3/c16-13-5-4-12(9-17-13)19-7-6-18(15(19)22)11-3-1-2-10(8-11)14(20)21/h1-3,8-9H,4-7H2,(H,20,21). The minimum Gasteiger partial charge on any atom is -0.478 e.